The minimum atomic E-state index is -5.77. The zero-order valence-electron chi connectivity index (χ0n) is 37.0. The first kappa shape index (κ1) is 46.1. The Morgan fingerprint density at radius 2 is 0.939 bits per heavy atom. The molecule has 66 heavy (non-hydrogen) atoms. The van der Waals surface area contributed by atoms with Crippen molar-refractivity contribution in [2.45, 2.75) is 47.0 Å². The van der Waals surface area contributed by atoms with E-state index in [1.165, 1.54) is 0 Å². The summed E-state index contributed by atoms with van der Waals surface area (Å²) in [4.78, 5) is 0. The first-order valence-corrected chi connectivity index (χ1v) is 38.7. The standard InChI is InChI=1S/2C26H19Cl2O2.C2H6Si.2ClH.Zr/c2*1-3-15-8-9-16-10-19(25-20-7-5-4-6-17(20)14-30-25)11-21(16)24(15)18-12-22(27)26(29-2)23(28)13-18;1-3-2;;;/h2*4-14H,3H2,1-2H3;1-2H3;2*1H;/q;;;;;+2/p-2. The van der Waals surface area contributed by atoms with E-state index in [1.807, 2.05) is 61.1 Å². The molecule has 0 aliphatic heterocycles. The number of hydrogen-bond acceptors (Lipinski definition) is 4. The Balaban J connectivity index is 1.33. The number of allylic oxidation sites excluding steroid dienone is 2. The van der Waals surface area contributed by atoms with Gasteiger partial charge in [-0.25, -0.2) is 0 Å². The fraction of sp³-hybridized carbons (Fsp3) is 0.185. The summed E-state index contributed by atoms with van der Waals surface area (Å²) in [5.74, 6) is 2.36. The summed E-state index contributed by atoms with van der Waals surface area (Å²) in [7, 11) is 21.5. The van der Waals surface area contributed by atoms with Crippen LogP contribution < -0.4 is 9.47 Å². The Kier molecular flexibility index (Phi) is 12.1. The SMILES string of the molecule is CCc1ccc2c(c1-c1cc(Cl)c(OC)c(Cl)c1)C=C(c1occ3ccccc13)[CH]2[Zr]([Cl])([Cl])([CH]1C(c2occ3ccccc23)=Cc2c1ccc(CC)c2-c1cc(Cl)c(OC)c(Cl)c1)=[Si](C)C. The topological polar surface area (TPSA) is 44.7 Å². The molecule has 2 aliphatic carbocycles. The van der Waals surface area contributed by atoms with E-state index in [0.29, 0.717) is 31.6 Å². The first-order chi connectivity index (χ1) is 31.7. The van der Waals surface area contributed by atoms with Crippen molar-refractivity contribution >= 4 is 114 Å². The van der Waals surface area contributed by atoms with Crippen molar-refractivity contribution in [3.63, 3.8) is 0 Å². The summed E-state index contributed by atoms with van der Waals surface area (Å²) >= 11 is 21.9. The predicted molar refractivity (Wildman–Crippen MR) is 278 cm³/mol. The van der Waals surface area contributed by atoms with Gasteiger partial charge in [0.25, 0.3) is 0 Å². The average Bonchev–Trinajstić information content (AvgIpc) is 4.11. The van der Waals surface area contributed by atoms with E-state index in [1.54, 1.807) is 14.2 Å². The molecular formula is C54H44Cl6O4SiZr. The van der Waals surface area contributed by atoms with Gasteiger partial charge in [0.15, 0.2) is 0 Å². The maximum absolute atomic E-state index is 9.19. The normalized spacial score (nSPS) is 15.8. The van der Waals surface area contributed by atoms with Crippen molar-refractivity contribution in [2.75, 3.05) is 14.2 Å². The van der Waals surface area contributed by atoms with Gasteiger partial charge in [-0.05, 0) is 0 Å². The van der Waals surface area contributed by atoms with Crippen molar-refractivity contribution in [1.29, 1.82) is 0 Å². The Labute approximate surface area is 412 Å². The van der Waals surface area contributed by atoms with Gasteiger partial charge < -0.3 is 0 Å². The molecule has 0 bridgehead atoms. The molecule has 10 rings (SSSR count). The van der Waals surface area contributed by atoms with E-state index in [9.17, 15) is 17.0 Å². The van der Waals surface area contributed by atoms with Crippen molar-refractivity contribution in [2.24, 2.45) is 0 Å². The van der Waals surface area contributed by atoms with Crippen LogP contribution in [0.15, 0.2) is 118 Å². The number of fused-ring (bicyclic) bond motifs is 4. The Morgan fingerprint density at radius 1 is 0.561 bits per heavy atom. The monoisotopic (exact) mass is 1080 g/mol. The van der Waals surface area contributed by atoms with Gasteiger partial charge in [0.05, 0.1) is 0 Å². The second kappa shape index (κ2) is 17.4. The molecular weight excluding hydrogens is 1040 g/mol. The van der Waals surface area contributed by atoms with E-state index >= 15 is 0 Å². The molecule has 0 radical (unpaired) electrons. The Bertz CT molecular complexity index is 3220. The third-order valence-corrected chi connectivity index (χ3v) is 61.3. The number of furan rings is 2. The van der Waals surface area contributed by atoms with E-state index < -0.39 is 27.7 Å². The molecule has 0 amide bonds. The summed E-state index contributed by atoms with van der Waals surface area (Å²) in [6.07, 6.45) is 9.74. The van der Waals surface area contributed by atoms with Gasteiger partial charge in [0, 0.05) is 0 Å². The summed E-state index contributed by atoms with van der Waals surface area (Å²) in [6.45, 7) is 8.93. The second-order valence-corrected chi connectivity index (χ2v) is 57.8. The fourth-order valence-electron chi connectivity index (χ4n) is 10.8. The third kappa shape index (κ3) is 6.99. The Hall–Kier alpha value is -3.68. The number of hydrogen-bond donors (Lipinski definition) is 0. The molecule has 2 heterocycles. The van der Waals surface area contributed by atoms with Crippen molar-refractivity contribution in [1.82, 2.24) is 0 Å². The van der Waals surface area contributed by atoms with Crippen LogP contribution in [0.5, 0.6) is 11.5 Å². The molecule has 334 valence electrons. The molecule has 2 unspecified atom stereocenters. The summed E-state index contributed by atoms with van der Waals surface area (Å²) in [5, 5.41) is 5.66. The zero-order chi connectivity index (χ0) is 46.4. The predicted octanol–water partition coefficient (Wildman–Crippen LogP) is 18.4. The van der Waals surface area contributed by atoms with E-state index in [-0.39, 0.29) is 0 Å². The molecule has 0 spiro atoms. The van der Waals surface area contributed by atoms with Gasteiger partial charge in [0.2, 0.25) is 0 Å². The second-order valence-electron chi connectivity index (χ2n) is 17.4. The van der Waals surface area contributed by atoms with E-state index in [0.717, 1.165) is 113 Å². The van der Waals surface area contributed by atoms with E-state index in [4.69, 9.17) is 64.7 Å². The molecule has 2 aliphatic rings. The summed E-state index contributed by atoms with van der Waals surface area (Å²) in [5.41, 5.74) is 10.5. The fourth-order valence-corrected chi connectivity index (χ4v) is 39.7. The molecule has 4 nitrogen and oxygen atoms in total. The summed E-state index contributed by atoms with van der Waals surface area (Å²) < 4.78 is 23.8. The number of halogens is 6. The molecule has 0 N–H and O–H groups in total. The molecule has 2 aromatic heterocycles. The van der Waals surface area contributed by atoms with Crippen LogP contribution >= 0.6 is 63.4 Å². The summed E-state index contributed by atoms with van der Waals surface area (Å²) in [6, 6.07) is 33.2. The van der Waals surface area contributed by atoms with Gasteiger partial charge in [0.1, 0.15) is 0 Å². The van der Waals surface area contributed by atoms with Crippen LogP contribution in [0.3, 0.4) is 0 Å². The van der Waals surface area contributed by atoms with Gasteiger partial charge in [-0.3, -0.25) is 0 Å². The van der Waals surface area contributed by atoms with Crippen LogP contribution in [-0.4, -0.2) is 19.7 Å². The minimum absolute atomic E-state index is 0.424. The average molecular weight is 1090 g/mol. The first-order valence-electron chi connectivity index (χ1n) is 21.9. The van der Waals surface area contributed by atoms with Crippen LogP contribution in [0.4, 0.5) is 0 Å². The third-order valence-electron chi connectivity index (χ3n) is 13.9. The number of aryl methyl sites for hydroxylation is 2. The van der Waals surface area contributed by atoms with Crippen molar-refractivity contribution < 1.29 is 33.3 Å². The molecule has 0 saturated heterocycles. The quantitative estimate of drug-likeness (QED) is 0.128. The van der Waals surface area contributed by atoms with Crippen LogP contribution in [0, 0.1) is 0 Å². The molecule has 8 aromatic rings. The molecule has 6 aromatic carbocycles. The number of benzene rings is 6. The number of rotatable bonds is 10. The van der Waals surface area contributed by atoms with Crippen LogP contribution in [0.25, 0.3) is 67.1 Å². The molecule has 2 atom stereocenters. The van der Waals surface area contributed by atoms with Crippen molar-refractivity contribution in [3.8, 4) is 33.8 Å². The zero-order valence-corrected chi connectivity index (χ0v) is 45.0. The Morgan fingerprint density at radius 3 is 1.29 bits per heavy atom. The molecule has 12 heteroatoms. The number of methoxy groups -OCH3 is 2. The van der Waals surface area contributed by atoms with Gasteiger partial charge in [-0.1, -0.05) is 0 Å². The van der Waals surface area contributed by atoms with Crippen LogP contribution in [-0.2, 0) is 27.9 Å². The molecule has 0 fully saturated rings. The van der Waals surface area contributed by atoms with E-state index in [2.05, 4.69) is 87.6 Å². The molecule has 0 saturated carbocycles. The van der Waals surface area contributed by atoms with Gasteiger partial charge >= 0.3 is 417 Å². The van der Waals surface area contributed by atoms with Gasteiger partial charge in [-0.2, -0.15) is 0 Å². The van der Waals surface area contributed by atoms with Crippen molar-refractivity contribution in [3.05, 3.63) is 175 Å². The maximum atomic E-state index is 9.19. The number of ether oxygens (including phenoxy) is 2. The van der Waals surface area contributed by atoms with Crippen LogP contribution in [0.2, 0.25) is 33.2 Å². The van der Waals surface area contributed by atoms with Gasteiger partial charge in [-0.15, -0.1) is 0 Å². The van der Waals surface area contributed by atoms with Crippen LogP contribution in [0.1, 0.15) is 66.0 Å².